The average Bonchev–Trinajstić information content (AvgIpc) is 2.98. The molecule has 2 aliphatic rings. The Balaban J connectivity index is 1.53. The number of piperidine rings is 1. The van der Waals surface area contributed by atoms with Crippen molar-refractivity contribution in [1.29, 1.82) is 0 Å². The molecule has 1 fully saturated rings. The Labute approximate surface area is 181 Å². The summed E-state index contributed by atoms with van der Waals surface area (Å²) in [6.07, 6.45) is 1.67. The molecule has 2 amide bonds. The number of nitrogens with two attached hydrogens (primary N) is 1. The lowest BCUT2D eigenvalue weighted by atomic mass is 9.89. The van der Waals surface area contributed by atoms with Crippen LogP contribution in [0.3, 0.4) is 0 Å². The van der Waals surface area contributed by atoms with E-state index in [-0.39, 0.29) is 29.5 Å². The highest BCUT2D eigenvalue weighted by molar-refractivity contribution is 6.07. The molecule has 0 aliphatic carbocycles. The van der Waals surface area contributed by atoms with Crippen LogP contribution in [0.2, 0.25) is 0 Å². The van der Waals surface area contributed by atoms with Gasteiger partial charge < -0.3 is 10.6 Å². The van der Waals surface area contributed by atoms with Gasteiger partial charge in [0.25, 0.3) is 5.91 Å². The number of aliphatic imine (C=N–C) groups is 1. The van der Waals surface area contributed by atoms with Crippen molar-refractivity contribution in [1.82, 2.24) is 9.80 Å². The molecule has 1 saturated heterocycles. The number of hydrogen-bond acceptors (Lipinski definition) is 4. The van der Waals surface area contributed by atoms with Crippen LogP contribution in [-0.2, 0) is 15.1 Å². The third kappa shape index (κ3) is 4.04. The zero-order valence-corrected chi connectivity index (χ0v) is 17.8. The van der Waals surface area contributed by atoms with Gasteiger partial charge in [0.15, 0.2) is 11.5 Å². The van der Waals surface area contributed by atoms with Crippen LogP contribution in [0.4, 0.5) is 4.39 Å². The molecule has 31 heavy (non-hydrogen) atoms. The molecule has 0 aromatic heterocycles. The van der Waals surface area contributed by atoms with Crippen LogP contribution < -0.4 is 5.73 Å². The summed E-state index contributed by atoms with van der Waals surface area (Å²) in [7, 11) is 0. The quantitative estimate of drug-likeness (QED) is 0.822. The Bertz CT molecular complexity index is 1050. The van der Waals surface area contributed by atoms with Crippen LogP contribution in [0.1, 0.15) is 32.3 Å². The first-order valence-electron chi connectivity index (χ1n) is 10.6. The van der Waals surface area contributed by atoms with Gasteiger partial charge >= 0.3 is 0 Å². The first-order valence-corrected chi connectivity index (χ1v) is 10.6. The number of benzene rings is 2. The van der Waals surface area contributed by atoms with E-state index in [1.165, 1.54) is 12.1 Å². The van der Waals surface area contributed by atoms with Crippen LogP contribution in [0.15, 0.2) is 53.5 Å². The molecule has 0 radical (unpaired) electrons. The predicted octanol–water partition coefficient (Wildman–Crippen LogP) is 3.12. The fourth-order valence-corrected chi connectivity index (χ4v) is 4.43. The van der Waals surface area contributed by atoms with Crippen LogP contribution in [0.25, 0.3) is 11.1 Å². The SMILES string of the molecule is CC(=O)N1CCC(CN2C(=O)C(C)(c3cccc(-c4cccc(F)c4)c3)N=C2N)CC1. The standard InChI is InChI=1S/C24H27FN4O2/c1-16(30)28-11-9-17(10-12-28)15-29-22(31)24(2,27-23(29)26)20-7-3-5-18(13-20)19-6-4-8-21(25)14-19/h3-8,13-14,17H,9-12,15H2,1-2H3,(H2,26,27). The number of guanidine groups is 1. The molecule has 0 spiro atoms. The molecular weight excluding hydrogens is 395 g/mol. The van der Waals surface area contributed by atoms with Gasteiger partial charge in [-0.2, -0.15) is 0 Å². The van der Waals surface area contributed by atoms with Gasteiger partial charge in [-0.05, 0) is 60.6 Å². The fourth-order valence-electron chi connectivity index (χ4n) is 4.43. The summed E-state index contributed by atoms with van der Waals surface area (Å²) in [5.74, 6) is 0.111. The van der Waals surface area contributed by atoms with Crippen molar-refractivity contribution in [2.45, 2.75) is 32.2 Å². The molecule has 2 aromatic carbocycles. The maximum Gasteiger partial charge on any atom is 0.261 e. The molecule has 1 atom stereocenters. The summed E-state index contributed by atoms with van der Waals surface area (Å²) in [5, 5.41) is 0. The first kappa shape index (κ1) is 21.0. The third-order valence-corrected chi connectivity index (χ3v) is 6.36. The zero-order valence-electron chi connectivity index (χ0n) is 17.8. The van der Waals surface area contributed by atoms with Gasteiger partial charge in [-0.15, -0.1) is 0 Å². The number of halogens is 1. The van der Waals surface area contributed by atoms with Gasteiger partial charge in [-0.3, -0.25) is 14.5 Å². The second kappa shape index (κ2) is 8.13. The van der Waals surface area contributed by atoms with E-state index < -0.39 is 5.54 Å². The molecule has 7 heteroatoms. The summed E-state index contributed by atoms with van der Waals surface area (Å²) < 4.78 is 13.7. The van der Waals surface area contributed by atoms with E-state index in [1.54, 1.807) is 24.8 Å². The van der Waals surface area contributed by atoms with Crippen molar-refractivity contribution in [3.63, 3.8) is 0 Å². The Morgan fingerprint density at radius 1 is 1.16 bits per heavy atom. The van der Waals surface area contributed by atoms with Crippen molar-refractivity contribution < 1.29 is 14.0 Å². The number of rotatable bonds is 4. The van der Waals surface area contributed by atoms with E-state index in [4.69, 9.17) is 5.73 Å². The fraction of sp³-hybridized carbons (Fsp3) is 0.375. The van der Waals surface area contributed by atoms with Gasteiger partial charge in [0.2, 0.25) is 5.91 Å². The summed E-state index contributed by atoms with van der Waals surface area (Å²) >= 11 is 0. The maximum absolute atomic E-state index is 13.7. The van der Waals surface area contributed by atoms with E-state index >= 15 is 0 Å². The lowest BCUT2D eigenvalue weighted by molar-refractivity contribution is -0.133. The number of carbonyl (C=O) groups excluding carboxylic acids is 2. The van der Waals surface area contributed by atoms with E-state index in [0.717, 1.165) is 29.5 Å². The minimum atomic E-state index is -1.12. The minimum Gasteiger partial charge on any atom is -0.369 e. The lowest BCUT2D eigenvalue weighted by Gasteiger charge is -2.33. The lowest BCUT2D eigenvalue weighted by Crippen LogP contribution is -2.46. The van der Waals surface area contributed by atoms with E-state index in [0.29, 0.717) is 19.6 Å². The molecule has 4 rings (SSSR count). The summed E-state index contributed by atoms with van der Waals surface area (Å²) in [4.78, 5) is 32.9. The molecule has 2 heterocycles. The summed E-state index contributed by atoms with van der Waals surface area (Å²) in [5.41, 5.74) is 7.34. The van der Waals surface area contributed by atoms with E-state index in [2.05, 4.69) is 4.99 Å². The topological polar surface area (TPSA) is 79.0 Å². The Kier molecular flexibility index (Phi) is 5.52. The van der Waals surface area contributed by atoms with Crippen LogP contribution in [0, 0.1) is 11.7 Å². The number of nitrogens with zero attached hydrogens (tertiary/aromatic N) is 3. The Morgan fingerprint density at radius 2 is 1.81 bits per heavy atom. The van der Waals surface area contributed by atoms with Crippen LogP contribution >= 0.6 is 0 Å². The molecule has 0 bridgehead atoms. The van der Waals surface area contributed by atoms with Gasteiger partial charge in [0.05, 0.1) is 0 Å². The van der Waals surface area contributed by atoms with Gasteiger partial charge in [-0.1, -0.05) is 30.3 Å². The summed E-state index contributed by atoms with van der Waals surface area (Å²) in [6, 6.07) is 13.8. The number of amides is 2. The van der Waals surface area contributed by atoms with Crippen molar-refractivity contribution in [2.24, 2.45) is 16.6 Å². The van der Waals surface area contributed by atoms with Crippen molar-refractivity contribution in [3.8, 4) is 11.1 Å². The second-order valence-corrected chi connectivity index (χ2v) is 8.50. The molecule has 2 aromatic rings. The largest absolute Gasteiger partial charge is 0.369 e. The molecule has 2 aliphatic heterocycles. The number of hydrogen-bond donors (Lipinski definition) is 1. The third-order valence-electron chi connectivity index (χ3n) is 6.36. The highest BCUT2D eigenvalue weighted by Crippen LogP contribution is 2.35. The maximum atomic E-state index is 13.7. The van der Waals surface area contributed by atoms with Crippen molar-refractivity contribution in [2.75, 3.05) is 19.6 Å². The zero-order chi connectivity index (χ0) is 22.2. The normalized spacial score (nSPS) is 22.0. The highest BCUT2D eigenvalue weighted by atomic mass is 19.1. The molecule has 162 valence electrons. The van der Waals surface area contributed by atoms with Crippen molar-refractivity contribution >= 4 is 17.8 Å². The van der Waals surface area contributed by atoms with Crippen LogP contribution in [0.5, 0.6) is 0 Å². The predicted molar refractivity (Wildman–Crippen MR) is 118 cm³/mol. The molecule has 1 unspecified atom stereocenters. The number of likely N-dealkylation sites (tertiary alicyclic amines) is 1. The molecular formula is C24H27FN4O2. The molecule has 0 saturated carbocycles. The average molecular weight is 423 g/mol. The van der Waals surface area contributed by atoms with Crippen LogP contribution in [-0.4, -0.2) is 47.2 Å². The summed E-state index contributed by atoms with van der Waals surface area (Å²) in [6.45, 7) is 5.25. The first-order chi connectivity index (χ1) is 14.8. The monoisotopic (exact) mass is 422 g/mol. The van der Waals surface area contributed by atoms with Gasteiger partial charge in [0.1, 0.15) is 5.82 Å². The smallest absolute Gasteiger partial charge is 0.261 e. The second-order valence-electron chi connectivity index (χ2n) is 8.50. The minimum absolute atomic E-state index is 0.0857. The van der Waals surface area contributed by atoms with E-state index in [9.17, 15) is 14.0 Å². The van der Waals surface area contributed by atoms with E-state index in [1.807, 2.05) is 35.2 Å². The van der Waals surface area contributed by atoms with Gasteiger partial charge in [0, 0.05) is 26.6 Å². The number of carbonyl (C=O) groups is 2. The Morgan fingerprint density at radius 3 is 2.45 bits per heavy atom. The Hall–Kier alpha value is -3.22. The van der Waals surface area contributed by atoms with Gasteiger partial charge in [-0.25, -0.2) is 9.38 Å². The molecule has 2 N–H and O–H groups in total. The molecule has 6 nitrogen and oxygen atoms in total. The van der Waals surface area contributed by atoms with Crippen molar-refractivity contribution in [3.05, 3.63) is 59.9 Å². The highest BCUT2D eigenvalue weighted by Gasteiger charge is 2.46.